The summed E-state index contributed by atoms with van der Waals surface area (Å²) >= 11 is 0. The van der Waals surface area contributed by atoms with Gasteiger partial charge in [-0.2, -0.15) is 0 Å². The molecular weight excluding hydrogens is 174 g/mol. The van der Waals surface area contributed by atoms with Crippen LogP contribution in [0.5, 0.6) is 0 Å². The fraction of sp³-hybridized carbons (Fsp3) is 1.00. The fourth-order valence-corrected chi connectivity index (χ4v) is 0.488. The summed E-state index contributed by atoms with van der Waals surface area (Å²) < 4.78 is 0. The van der Waals surface area contributed by atoms with Crippen LogP contribution in [-0.4, -0.2) is 24.3 Å². The Balaban J connectivity index is -0.0000000708. The van der Waals surface area contributed by atoms with Crippen molar-refractivity contribution in [2.45, 2.75) is 67.9 Å². The second kappa shape index (κ2) is 38.3. The molecule has 2 nitrogen and oxygen atoms in total. The summed E-state index contributed by atoms with van der Waals surface area (Å²) in [5.41, 5.74) is 0. The molecule has 0 aliphatic heterocycles. The van der Waals surface area contributed by atoms with Crippen molar-refractivity contribution >= 4 is 0 Å². The quantitative estimate of drug-likeness (QED) is 0.692. The molecule has 0 aromatic heterocycles. The second-order valence-corrected chi connectivity index (χ2v) is 1.99. The minimum Gasteiger partial charge on any atom is -0.393 e. The van der Waals surface area contributed by atoms with Gasteiger partial charge in [-0.25, -0.2) is 0 Å². The van der Waals surface area contributed by atoms with Crippen LogP contribution in [0.1, 0.15) is 61.8 Å². The van der Waals surface area contributed by atoms with Gasteiger partial charge in [0.25, 0.3) is 0 Å². The fourth-order valence-electron chi connectivity index (χ4n) is 0.488. The zero-order valence-corrected chi connectivity index (χ0v) is 11.6. The third-order valence-electron chi connectivity index (χ3n) is 0.989. The molecule has 0 fully saturated rings. The normalized spacial score (nSPS) is 9.21. The molecule has 1 atom stereocenters. The molecule has 0 aromatic carbocycles. The average molecular weight is 207 g/mol. The van der Waals surface area contributed by atoms with Gasteiger partial charge in [0, 0.05) is 0 Å². The Bertz CT molecular complexity index is 47.6. The third kappa shape index (κ3) is 58.7. The maximum atomic E-state index is 8.74. The lowest BCUT2D eigenvalue weighted by Crippen LogP contribution is -2.18. The van der Waals surface area contributed by atoms with Crippen LogP contribution in [0.4, 0.5) is 0 Å². The maximum absolute atomic E-state index is 8.74. The SMILES string of the molecule is CC.CC.CC.CCNCCC(C)O. The van der Waals surface area contributed by atoms with Crippen molar-refractivity contribution in [1.82, 2.24) is 5.32 Å². The van der Waals surface area contributed by atoms with Crippen molar-refractivity contribution in [3.05, 3.63) is 0 Å². The lowest BCUT2D eigenvalue weighted by Gasteiger charge is -2.02. The van der Waals surface area contributed by atoms with Gasteiger partial charge in [0.2, 0.25) is 0 Å². The Kier molecular flexibility index (Phi) is 64.7. The van der Waals surface area contributed by atoms with Crippen LogP contribution >= 0.6 is 0 Å². The number of nitrogens with one attached hydrogen (secondary N) is 1. The summed E-state index contributed by atoms with van der Waals surface area (Å²) in [5.74, 6) is 0. The molecule has 0 heterocycles. The molecule has 0 spiro atoms. The van der Waals surface area contributed by atoms with Crippen molar-refractivity contribution in [1.29, 1.82) is 0 Å². The second-order valence-electron chi connectivity index (χ2n) is 1.99. The highest BCUT2D eigenvalue weighted by Gasteiger charge is 1.91. The summed E-state index contributed by atoms with van der Waals surface area (Å²) in [6.07, 6.45) is 0.697. The van der Waals surface area contributed by atoms with Crippen LogP contribution in [0.15, 0.2) is 0 Å². The van der Waals surface area contributed by atoms with Gasteiger partial charge in [0.15, 0.2) is 0 Å². The Morgan fingerprint density at radius 3 is 1.57 bits per heavy atom. The van der Waals surface area contributed by atoms with Crippen molar-refractivity contribution in [3.8, 4) is 0 Å². The van der Waals surface area contributed by atoms with E-state index >= 15 is 0 Å². The molecule has 0 saturated carbocycles. The molecule has 2 N–H and O–H groups in total. The van der Waals surface area contributed by atoms with Gasteiger partial charge in [-0.05, 0) is 26.4 Å². The number of aliphatic hydroxyl groups excluding tert-OH is 1. The van der Waals surface area contributed by atoms with Crippen LogP contribution in [0.25, 0.3) is 0 Å². The molecule has 92 valence electrons. The highest BCUT2D eigenvalue weighted by molar-refractivity contribution is 4.48. The van der Waals surface area contributed by atoms with E-state index in [2.05, 4.69) is 12.2 Å². The zero-order chi connectivity index (χ0) is 12.4. The molecule has 0 aromatic rings. The van der Waals surface area contributed by atoms with Gasteiger partial charge in [0.05, 0.1) is 6.10 Å². The van der Waals surface area contributed by atoms with E-state index < -0.39 is 0 Å². The van der Waals surface area contributed by atoms with E-state index in [9.17, 15) is 0 Å². The monoisotopic (exact) mass is 207 g/mol. The highest BCUT2D eigenvalue weighted by atomic mass is 16.3. The molecule has 0 saturated heterocycles. The Labute approximate surface area is 92.1 Å². The Morgan fingerprint density at radius 2 is 1.36 bits per heavy atom. The number of aliphatic hydroxyl groups is 1. The van der Waals surface area contributed by atoms with Crippen LogP contribution < -0.4 is 5.32 Å². The zero-order valence-electron chi connectivity index (χ0n) is 11.6. The molecule has 0 bridgehead atoms. The molecule has 0 radical (unpaired) electrons. The van der Waals surface area contributed by atoms with E-state index in [4.69, 9.17) is 5.11 Å². The molecule has 14 heavy (non-hydrogen) atoms. The van der Waals surface area contributed by atoms with E-state index in [0.29, 0.717) is 0 Å². The highest BCUT2D eigenvalue weighted by Crippen LogP contribution is 1.84. The molecule has 2 heteroatoms. The van der Waals surface area contributed by atoms with Crippen molar-refractivity contribution in [2.75, 3.05) is 13.1 Å². The summed E-state index contributed by atoms with van der Waals surface area (Å²) in [7, 11) is 0. The van der Waals surface area contributed by atoms with Gasteiger partial charge in [0.1, 0.15) is 0 Å². The Morgan fingerprint density at radius 1 is 1.00 bits per heavy atom. The third-order valence-corrected chi connectivity index (χ3v) is 0.989. The van der Waals surface area contributed by atoms with Crippen LogP contribution in [0.3, 0.4) is 0 Å². The van der Waals surface area contributed by atoms with Crippen LogP contribution in [0, 0.1) is 0 Å². The van der Waals surface area contributed by atoms with Gasteiger partial charge < -0.3 is 10.4 Å². The maximum Gasteiger partial charge on any atom is 0.0524 e. The van der Waals surface area contributed by atoms with Crippen molar-refractivity contribution in [2.24, 2.45) is 0 Å². The van der Waals surface area contributed by atoms with Crippen LogP contribution in [-0.2, 0) is 0 Å². The van der Waals surface area contributed by atoms with Gasteiger partial charge in [-0.15, -0.1) is 0 Å². The first-order valence-corrected chi connectivity index (χ1v) is 6.16. The largest absolute Gasteiger partial charge is 0.393 e. The predicted octanol–water partition coefficient (Wildman–Crippen LogP) is 3.45. The van der Waals surface area contributed by atoms with E-state index in [1.54, 1.807) is 6.92 Å². The number of hydrogen-bond donors (Lipinski definition) is 2. The van der Waals surface area contributed by atoms with Crippen molar-refractivity contribution in [3.63, 3.8) is 0 Å². The molecule has 0 aliphatic carbocycles. The summed E-state index contributed by atoms with van der Waals surface area (Å²) in [6.45, 7) is 17.8. The topological polar surface area (TPSA) is 32.3 Å². The van der Waals surface area contributed by atoms with Gasteiger partial charge in [-0.1, -0.05) is 48.5 Å². The summed E-state index contributed by atoms with van der Waals surface area (Å²) in [4.78, 5) is 0. The summed E-state index contributed by atoms with van der Waals surface area (Å²) in [5, 5.41) is 11.9. The molecule has 0 rings (SSSR count). The van der Waals surface area contributed by atoms with E-state index in [1.807, 2.05) is 41.5 Å². The number of rotatable bonds is 4. The first-order valence-electron chi connectivity index (χ1n) is 6.16. The van der Waals surface area contributed by atoms with Gasteiger partial charge in [-0.3, -0.25) is 0 Å². The minimum atomic E-state index is -0.158. The van der Waals surface area contributed by atoms with E-state index in [-0.39, 0.29) is 6.10 Å². The van der Waals surface area contributed by atoms with E-state index in [0.717, 1.165) is 19.5 Å². The standard InChI is InChI=1S/C6H15NO.3C2H6/c1-3-7-5-4-6(2)8;3*1-2/h6-8H,3-5H2,1-2H3;3*1-2H3. The lowest BCUT2D eigenvalue weighted by atomic mass is 10.3. The molecule has 0 amide bonds. The minimum absolute atomic E-state index is 0.158. The van der Waals surface area contributed by atoms with Gasteiger partial charge >= 0.3 is 0 Å². The average Bonchev–Trinajstić information content (AvgIpc) is 2.27. The Hall–Kier alpha value is -0.0800. The van der Waals surface area contributed by atoms with Crippen molar-refractivity contribution < 1.29 is 5.11 Å². The molecule has 0 aliphatic rings. The van der Waals surface area contributed by atoms with Crippen LogP contribution in [0.2, 0.25) is 0 Å². The summed E-state index contributed by atoms with van der Waals surface area (Å²) in [6, 6.07) is 0. The number of hydrogen-bond acceptors (Lipinski definition) is 2. The van der Waals surface area contributed by atoms with E-state index in [1.165, 1.54) is 0 Å². The first kappa shape index (κ1) is 23.6. The smallest absolute Gasteiger partial charge is 0.0524 e. The first-order chi connectivity index (χ1) is 6.77. The lowest BCUT2D eigenvalue weighted by molar-refractivity contribution is 0.184. The molecule has 1 unspecified atom stereocenters. The predicted molar refractivity (Wildman–Crippen MR) is 68.9 cm³/mol. The molecular formula is C12H33NO.